The highest BCUT2D eigenvalue weighted by Crippen LogP contribution is 2.34. The van der Waals surface area contributed by atoms with Gasteiger partial charge in [-0.3, -0.25) is 4.79 Å². The summed E-state index contributed by atoms with van der Waals surface area (Å²) in [5, 5.41) is 0. The Kier molecular flexibility index (Phi) is 3.16. The van der Waals surface area contributed by atoms with Gasteiger partial charge in [0.15, 0.2) is 5.78 Å². The third-order valence-corrected chi connectivity index (χ3v) is 3.48. The summed E-state index contributed by atoms with van der Waals surface area (Å²) in [7, 11) is 1.61. The van der Waals surface area contributed by atoms with E-state index in [0.29, 0.717) is 11.3 Å². The summed E-state index contributed by atoms with van der Waals surface area (Å²) in [4.78, 5) is 12.3. The predicted octanol–water partition coefficient (Wildman–Crippen LogP) is 2.34. The average molecular weight is 269 g/mol. The van der Waals surface area contributed by atoms with Gasteiger partial charge < -0.3 is 15.2 Å². The monoisotopic (exact) mass is 269 g/mol. The Morgan fingerprint density at radius 3 is 2.50 bits per heavy atom. The third kappa shape index (κ3) is 2.04. The standard InChI is InChI=1S/C16H15NO3/c1-19-11-8-6-10(7-9-11)16-14(17)15(18)12-4-2-3-5-13(12)20-16/h2-9,14,16H,17H2,1H3/t14-,16-/m1/s1. The van der Waals surface area contributed by atoms with Gasteiger partial charge in [0.1, 0.15) is 23.6 Å². The Morgan fingerprint density at radius 2 is 1.80 bits per heavy atom. The molecular weight excluding hydrogens is 254 g/mol. The molecule has 4 nitrogen and oxygen atoms in total. The molecule has 0 fully saturated rings. The number of hydrogen-bond donors (Lipinski definition) is 1. The van der Waals surface area contributed by atoms with Crippen LogP contribution >= 0.6 is 0 Å². The molecule has 2 aromatic rings. The fourth-order valence-electron chi connectivity index (χ4n) is 2.37. The van der Waals surface area contributed by atoms with Gasteiger partial charge in [0, 0.05) is 0 Å². The topological polar surface area (TPSA) is 61.5 Å². The summed E-state index contributed by atoms with van der Waals surface area (Å²) in [5.74, 6) is 1.25. The second-order valence-corrected chi connectivity index (χ2v) is 4.70. The van der Waals surface area contributed by atoms with Crippen LogP contribution in [0.3, 0.4) is 0 Å². The van der Waals surface area contributed by atoms with Crippen molar-refractivity contribution in [2.24, 2.45) is 5.73 Å². The molecule has 20 heavy (non-hydrogen) atoms. The maximum Gasteiger partial charge on any atom is 0.187 e. The van der Waals surface area contributed by atoms with E-state index >= 15 is 0 Å². The molecule has 1 aliphatic rings. The van der Waals surface area contributed by atoms with Gasteiger partial charge in [0.25, 0.3) is 0 Å². The molecule has 1 aliphatic heterocycles. The highest BCUT2D eigenvalue weighted by Gasteiger charge is 2.35. The molecule has 2 aromatic carbocycles. The minimum atomic E-state index is -0.696. The van der Waals surface area contributed by atoms with Crippen LogP contribution in [0.25, 0.3) is 0 Å². The van der Waals surface area contributed by atoms with Gasteiger partial charge in [0.05, 0.1) is 12.7 Å². The van der Waals surface area contributed by atoms with E-state index in [2.05, 4.69) is 0 Å². The number of rotatable bonds is 2. The van der Waals surface area contributed by atoms with E-state index in [1.807, 2.05) is 30.3 Å². The Morgan fingerprint density at radius 1 is 1.10 bits per heavy atom. The van der Waals surface area contributed by atoms with E-state index in [0.717, 1.165) is 11.3 Å². The lowest BCUT2D eigenvalue weighted by atomic mass is 9.92. The van der Waals surface area contributed by atoms with Crippen molar-refractivity contribution < 1.29 is 14.3 Å². The van der Waals surface area contributed by atoms with Crippen LogP contribution in [0.2, 0.25) is 0 Å². The molecule has 0 aromatic heterocycles. The first-order valence-corrected chi connectivity index (χ1v) is 6.40. The van der Waals surface area contributed by atoms with Crippen molar-refractivity contribution in [3.63, 3.8) is 0 Å². The van der Waals surface area contributed by atoms with Gasteiger partial charge in [0.2, 0.25) is 0 Å². The number of nitrogens with two attached hydrogens (primary N) is 1. The first-order valence-electron chi connectivity index (χ1n) is 6.40. The SMILES string of the molecule is COc1ccc([C@H]2Oc3ccccc3C(=O)[C@H]2N)cc1. The Balaban J connectivity index is 1.97. The van der Waals surface area contributed by atoms with Crippen LogP contribution in [-0.2, 0) is 0 Å². The molecular formula is C16H15NO3. The van der Waals surface area contributed by atoms with Crippen molar-refractivity contribution in [2.75, 3.05) is 7.11 Å². The molecule has 4 heteroatoms. The molecule has 0 bridgehead atoms. The predicted molar refractivity (Wildman–Crippen MR) is 75.1 cm³/mol. The summed E-state index contributed by atoms with van der Waals surface area (Å²) in [6.07, 6.45) is -0.469. The van der Waals surface area contributed by atoms with Crippen LogP contribution in [0, 0.1) is 0 Å². The van der Waals surface area contributed by atoms with Crippen molar-refractivity contribution in [3.8, 4) is 11.5 Å². The maximum atomic E-state index is 12.3. The Bertz CT molecular complexity index is 636. The van der Waals surface area contributed by atoms with E-state index in [1.165, 1.54) is 0 Å². The summed E-state index contributed by atoms with van der Waals surface area (Å²) in [6.45, 7) is 0. The number of benzene rings is 2. The lowest BCUT2D eigenvalue weighted by Crippen LogP contribution is -2.42. The number of para-hydroxylation sites is 1. The number of ether oxygens (including phenoxy) is 2. The van der Waals surface area contributed by atoms with E-state index in [-0.39, 0.29) is 5.78 Å². The molecule has 0 saturated heterocycles. The number of carbonyl (C=O) groups excluding carboxylic acids is 1. The number of Topliss-reactive ketones (excluding diaryl/α,β-unsaturated/α-hetero) is 1. The van der Waals surface area contributed by atoms with Gasteiger partial charge >= 0.3 is 0 Å². The van der Waals surface area contributed by atoms with Gasteiger partial charge in [-0.2, -0.15) is 0 Å². The van der Waals surface area contributed by atoms with Crippen molar-refractivity contribution in [1.29, 1.82) is 0 Å². The second kappa shape index (κ2) is 4.98. The number of ketones is 1. The summed E-state index contributed by atoms with van der Waals surface area (Å²) in [5.41, 5.74) is 7.44. The fraction of sp³-hybridized carbons (Fsp3) is 0.188. The molecule has 0 amide bonds. The largest absolute Gasteiger partial charge is 0.497 e. The summed E-state index contributed by atoms with van der Waals surface area (Å²) >= 11 is 0. The first kappa shape index (κ1) is 12.7. The van der Waals surface area contributed by atoms with Crippen LogP contribution in [0.5, 0.6) is 11.5 Å². The van der Waals surface area contributed by atoms with Gasteiger partial charge in [-0.15, -0.1) is 0 Å². The van der Waals surface area contributed by atoms with Crippen molar-refractivity contribution in [1.82, 2.24) is 0 Å². The van der Waals surface area contributed by atoms with Crippen molar-refractivity contribution in [3.05, 3.63) is 59.7 Å². The summed E-state index contributed by atoms with van der Waals surface area (Å²) < 4.78 is 11.0. The lowest BCUT2D eigenvalue weighted by Gasteiger charge is -2.30. The number of methoxy groups -OCH3 is 1. The number of carbonyl (C=O) groups is 1. The average Bonchev–Trinajstić information content (AvgIpc) is 2.51. The molecule has 102 valence electrons. The van der Waals surface area contributed by atoms with E-state index in [4.69, 9.17) is 15.2 Å². The molecule has 3 rings (SSSR count). The molecule has 1 heterocycles. The van der Waals surface area contributed by atoms with Crippen molar-refractivity contribution in [2.45, 2.75) is 12.1 Å². The maximum absolute atomic E-state index is 12.3. The highest BCUT2D eigenvalue weighted by atomic mass is 16.5. The molecule has 0 saturated carbocycles. The molecule has 0 spiro atoms. The molecule has 2 N–H and O–H groups in total. The van der Waals surface area contributed by atoms with Crippen LogP contribution in [0.1, 0.15) is 22.0 Å². The zero-order valence-electron chi connectivity index (χ0n) is 11.1. The number of fused-ring (bicyclic) bond motifs is 1. The lowest BCUT2D eigenvalue weighted by molar-refractivity contribution is 0.0789. The van der Waals surface area contributed by atoms with Gasteiger partial charge in [-0.05, 0) is 29.8 Å². The van der Waals surface area contributed by atoms with Crippen molar-refractivity contribution >= 4 is 5.78 Å². The normalized spacial score (nSPS) is 21.0. The zero-order chi connectivity index (χ0) is 14.1. The Hall–Kier alpha value is -2.33. The highest BCUT2D eigenvalue weighted by molar-refractivity contribution is 6.03. The van der Waals surface area contributed by atoms with Gasteiger partial charge in [-0.25, -0.2) is 0 Å². The molecule has 0 radical (unpaired) electrons. The quantitative estimate of drug-likeness (QED) is 0.909. The smallest absolute Gasteiger partial charge is 0.187 e. The molecule has 0 aliphatic carbocycles. The fourth-order valence-corrected chi connectivity index (χ4v) is 2.37. The summed E-state index contributed by atoms with van der Waals surface area (Å²) in [6, 6.07) is 13.9. The van der Waals surface area contributed by atoms with E-state index in [9.17, 15) is 4.79 Å². The van der Waals surface area contributed by atoms with Crippen LogP contribution in [0.15, 0.2) is 48.5 Å². The van der Waals surface area contributed by atoms with Gasteiger partial charge in [-0.1, -0.05) is 24.3 Å². The van der Waals surface area contributed by atoms with Crippen LogP contribution in [-0.4, -0.2) is 18.9 Å². The number of hydrogen-bond acceptors (Lipinski definition) is 4. The molecule has 2 atom stereocenters. The van der Waals surface area contributed by atoms with Crippen LogP contribution in [0.4, 0.5) is 0 Å². The Labute approximate surface area is 117 Å². The minimum Gasteiger partial charge on any atom is -0.497 e. The zero-order valence-corrected chi connectivity index (χ0v) is 11.1. The van der Waals surface area contributed by atoms with E-state index in [1.54, 1.807) is 25.3 Å². The van der Waals surface area contributed by atoms with Crippen LogP contribution < -0.4 is 15.2 Å². The second-order valence-electron chi connectivity index (χ2n) is 4.70. The van der Waals surface area contributed by atoms with E-state index < -0.39 is 12.1 Å². The molecule has 0 unspecified atom stereocenters. The first-order chi connectivity index (χ1) is 9.70. The minimum absolute atomic E-state index is 0.0901. The third-order valence-electron chi connectivity index (χ3n) is 3.48.